The van der Waals surface area contributed by atoms with Crippen LogP contribution in [-0.4, -0.2) is 14.4 Å². The van der Waals surface area contributed by atoms with Gasteiger partial charge in [0.25, 0.3) is 0 Å². The van der Waals surface area contributed by atoms with E-state index in [0.29, 0.717) is 0 Å². The van der Waals surface area contributed by atoms with E-state index in [2.05, 4.69) is 9.97 Å². The second-order valence-electron chi connectivity index (χ2n) is 2.53. The second-order valence-corrected chi connectivity index (χ2v) is 2.53. The van der Waals surface area contributed by atoms with Gasteiger partial charge in [-0.2, -0.15) is 4.39 Å². The van der Waals surface area contributed by atoms with Crippen LogP contribution in [0.4, 0.5) is 4.39 Å². The van der Waals surface area contributed by atoms with Crippen LogP contribution in [0, 0.1) is 5.95 Å². The molecule has 12 heavy (non-hydrogen) atoms. The van der Waals surface area contributed by atoms with Gasteiger partial charge in [0, 0.05) is 0 Å². The van der Waals surface area contributed by atoms with Gasteiger partial charge in [0.15, 0.2) is 0 Å². The number of aromatic nitrogens is 3. The minimum Gasteiger partial charge on any atom is -0.272 e. The fourth-order valence-corrected chi connectivity index (χ4v) is 1.21. The van der Waals surface area contributed by atoms with Gasteiger partial charge in [-0.25, -0.2) is 4.98 Å². The van der Waals surface area contributed by atoms with Gasteiger partial charge in [0.2, 0.25) is 5.95 Å². The first-order valence-corrected chi connectivity index (χ1v) is 3.78. The topological polar surface area (TPSA) is 30.2 Å². The van der Waals surface area contributed by atoms with Crippen molar-refractivity contribution in [3.8, 4) is 0 Å². The summed E-state index contributed by atoms with van der Waals surface area (Å²) in [5.41, 5.74) is 1.62. The quantitative estimate of drug-likeness (QED) is 0.639. The van der Waals surface area contributed by atoms with Crippen molar-refractivity contribution in [1.82, 2.24) is 14.4 Å². The van der Waals surface area contributed by atoms with Gasteiger partial charge in [-0.15, -0.1) is 0 Å². The van der Waals surface area contributed by atoms with Gasteiger partial charge in [0.1, 0.15) is 6.33 Å². The van der Waals surface area contributed by atoms with Crippen LogP contribution in [0.25, 0.3) is 5.52 Å². The summed E-state index contributed by atoms with van der Waals surface area (Å²) in [4.78, 5) is 7.82. The lowest BCUT2D eigenvalue weighted by atomic mass is 10.3. The number of rotatable bonds is 1. The number of hydrogen-bond donors (Lipinski definition) is 0. The Kier molecular flexibility index (Phi) is 1.53. The molecule has 62 valence electrons. The van der Waals surface area contributed by atoms with Gasteiger partial charge in [-0.3, -0.25) is 9.38 Å². The van der Waals surface area contributed by atoms with Crippen molar-refractivity contribution >= 4 is 5.52 Å². The third-order valence-corrected chi connectivity index (χ3v) is 1.83. The van der Waals surface area contributed by atoms with E-state index in [1.165, 1.54) is 16.9 Å². The fourth-order valence-electron chi connectivity index (χ4n) is 1.21. The van der Waals surface area contributed by atoms with Gasteiger partial charge in [0.05, 0.1) is 23.6 Å². The summed E-state index contributed by atoms with van der Waals surface area (Å²) in [7, 11) is 0. The smallest absolute Gasteiger partial charge is 0.217 e. The van der Waals surface area contributed by atoms with Crippen LogP contribution in [0.5, 0.6) is 0 Å². The summed E-state index contributed by atoms with van der Waals surface area (Å²) < 4.78 is 14.4. The molecule has 0 N–H and O–H groups in total. The van der Waals surface area contributed by atoms with Crippen LogP contribution >= 0.6 is 0 Å². The van der Waals surface area contributed by atoms with E-state index in [-0.39, 0.29) is 5.95 Å². The molecule has 0 aliphatic rings. The summed E-state index contributed by atoms with van der Waals surface area (Å²) in [6.07, 6.45) is 5.07. The maximum Gasteiger partial charge on any atom is 0.217 e. The van der Waals surface area contributed by atoms with Gasteiger partial charge in [-0.1, -0.05) is 6.92 Å². The Morgan fingerprint density at radius 2 is 2.33 bits per heavy atom. The molecule has 4 heteroatoms. The number of fused-ring (bicyclic) bond motifs is 1. The van der Waals surface area contributed by atoms with Crippen molar-refractivity contribution in [1.29, 1.82) is 0 Å². The molecule has 2 aromatic rings. The fraction of sp³-hybridized carbons (Fsp3) is 0.250. The number of halogens is 1. The number of nitrogens with zero attached hydrogens (tertiary/aromatic N) is 3. The molecule has 0 atom stereocenters. The first kappa shape index (κ1) is 7.21. The normalized spacial score (nSPS) is 10.8. The zero-order chi connectivity index (χ0) is 8.55. The Labute approximate surface area is 68.9 Å². The molecule has 2 aromatic heterocycles. The molecular weight excluding hydrogens is 157 g/mol. The van der Waals surface area contributed by atoms with E-state index >= 15 is 0 Å². The maximum atomic E-state index is 13.0. The monoisotopic (exact) mass is 165 g/mol. The van der Waals surface area contributed by atoms with Crippen molar-refractivity contribution in [3.05, 3.63) is 30.4 Å². The summed E-state index contributed by atoms with van der Waals surface area (Å²) in [6.45, 7) is 1.98. The first-order chi connectivity index (χ1) is 5.83. The molecule has 0 saturated carbocycles. The van der Waals surface area contributed by atoms with Crippen molar-refractivity contribution in [2.45, 2.75) is 13.3 Å². The summed E-state index contributed by atoms with van der Waals surface area (Å²) in [5, 5.41) is 0. The molecule has 2 heterocycles. The van der Waals surface area contributed by atoms with Crippen LogP contribution in [0.15, 0.2) is 18.7 Å². The second kappa shape index (κ2) is 2.55. The minimum atomic E-state index is -0.375. The average molecular weight is 165 g/mol. The highest BCUT2D eigenvalue weighted by atomic mass is 19.1. The molecule has 0 aliphatic heterocycles. The Morgan fingerprint density at radius 3 is 3.08 bits per heavy atom. The Morgan fingerprint density at radius 1 is 1.50 bits per heavy atom. The van der Waals surface area contributed by atoms with Crippen molar-refractivity contribution in [2.75, 3.05) is 0 Å². The zero-order valence-electron chi connectivity index (χ0n) is 6.66. The summed E-state index contributed by atoms with van der Waals surface area (Å²) in [5.74, 6) is -0.375. The lowest BCUT2D eigenvalue weighted by Crippen LogP contribution is -1.97. The average Bonchev–Trinajstić information content (AvgIpc) is 2.54. The molecule has 0 spiro atoms. The van der Waals surface area contributed by atoms with E-state index < -0.39 is 0 Å². The Hall–Kier alpha value is -1.45. The van der Waals surface area contributed by atoms with Crippen LogP contribution in [0.1, 0.15) is 12.6 Å². The molecule has 0 aromatic carbocycles. The highest BCUT2D eigenvalue weighted by Crippen LogP contribution is 2.09. The van der Waals surface area contributed by atoms with Gasteiger partial charge in [-0.05, 0) is 6.42 Å². The lowest BCUT2D eigenvalue weighted by molar-refractivity contribution is 0.558. The molecule has 3 nitrogen and oxygen atoms in total. The third kappa shape index (κ3) is 0.879. The molecular formula is C8H8FN3. The van der Waals surface area contributed by atoms with Crippen molar-refractivity contribution in [2.24, 2.45) is 0 Å². The summed E-state index contributed by atoms with van der Waals surface area (Å²) >= 11 is 0. The highest BCUT2D eigenvalue weighted by Gasteiger charge is 2.04. The van der Waals surface area contributed by atoms with Crippen LogP contribution in [0.2, 0.25) is 0 Å². The van der Waals surface area contributed by atoms with Crippen LogP contribution in [0.3, 0.4) is 0 Å². The van der Waals surface area contributed by atoms with Gasteiger partial charge < -0.3 is 0 Å². The number of imidazole rings is 1. The predicted octanol–water partition coefficient (Wildman–Crippen LogP) is 1.43. The standard InChI is InChI=1S/C8H8FN3/c1-2-6-7-3-10-5-12(7)8(9)4-11-6/h3-5H,2H2,1H3. The van der Waals surface area contributed by atoms with E-state index in [4.69, 9.17) is 0 Å². The van der Waals surface area contributed by atoms with Crippen LogP contribution in [-0.2, 0) is 6.42 Å². The molecule has 0 unspecified atom stereocenters. The van der Waals surface area contributed by atoms with Gasteiger partial charge >= 0.3 is 0 Å². The first-order valence-electron chi connectivity index (χ1n) is 3.78. The number of aryl methyl sites for hydroxylation is 1. The Balaban J connectivity index is 2.82. The molecule has 0 amide bonds. The SMILES string of the molecule is CCc1ncc(F)n2cncc12. The zero-order valence-corrected chi connectivity index (χ0v) is 6.66. The predicted molar refractivity (Wildman–Crippen MR) is 42.3 cm³/mol. The number of hydrogen-bond acceptors (Lipinski definition) is 2. The van der Waals surface area contributed by atoms with E-state index in [0.717, 1.165) is 17.6 Å². The minimum absolute atomic E-state index is 0.375. The molecule has 0 saturated heterocycles. The summed E-state index contributed by atoms with van der Waals surface area (Å²) in [6, 6.07) is 0. The van der Waals surface area contributed by atoms with E-state index in [1.807, 2.05) is 6.92 Å². The molecule has 0 radical (unpaired) electrons. The molecule has 0 aliphatic carbocycles. The van der Waals surface area contributed by atoms with Crippen LogP contribution < -0.4 is 0 Å². The highest BCUT2D eigenvalue weighted by molar-refractivity contribution is 5.49. The van der Waals surface area contributed by atoms with Crippen molar-refractivity contribution < 1.29 is 4.39 Å². The van der Waals surface area contributed by atoms with Crippen molar-refractivity contribution in [3.63, 3.8) is 0 Å². The largest absolute Gasteiger partial charge is 0.272 e. The lowest BCUT2D eigenvalue weighted by Gasteiger charge is -1.99. The molecule has 0 fully saturated rings. The molecule has 0 bridgehead atoms. The van der Waals surface area contributed by atoms with E-state index in [1.54, 1.807) is 6.20 Å². The maximum absolute atomic E-state index is 13.0. The Bertz CT molecular complexity index is 408. The third-order valence-electron chi connectivity index (χ3n) is 1.83. The molecule has 2 rings (SSSR count). The van der Waals surface area contributed by atoms with E-state index in [9.17, 15) is 4.39 Å².